The fraction of sp³-hybridized carbons (Fsp3) is 0.611. The molecule has 1 heterocycles. The minimum Gasteiger partial charge on any atom is -0.491 e. The monoisotopic (exact) mass is 320 g/mol. The van der Waals surface area contributed by atoms with Gasteiger partial charge in [0.05, 0.1) is 6.04 Å². The Kier molecular flexibility index (Phi) is 5.88. The van der Waals surface area contributed by atoms with Crippen LogP contribution in [0.3, 0.4) is 0 Å². The van der Waals surface area contributed by atoms with Crippen LogP contribution in [0.1, 0.15) is 39.2 Å². The molecule has 1 aliphatic heterocycles. The lowest BCUT2D eigenvalue weighted by Crippen LogP contribution is -2.42. The first-order valence-electron chi connectivity index (χ1n) is 8.30. The number of carbonyl (C=O) groups is 1. The van der Waals surface area contributed by atoms with E-state index in [9.17, 15) is 4.79 Å². The Balaban J connectivity index is 1.91. The fourth-order valence-electron chi connectivity index (χ4n) is 2.72. The molecule has 1 amide bonds. The number of amides is 1. The Labute approximate surface area is 138 Å². The SMILES string of the molecule is CC(C)(C)OC(=O)N1CCC[C@@H]1COc1cccc(CCN)c1. The highest BCUT2D eigenvalue weighted by molar-refractivity contribution is 5.69. The second-order valence-corrected chi connectivity index (χ2v) is 6.97. The smallest absolute Gasteiger partial charge is 0.410 e. The highest BCUT2D eigenvalue weighted by atomic mass is 16.6. The zero-order valence-electron chi connectivity index (χ0n) is 14.4. The fourth-order valence-corrected chi connectivity index (χ4v) is 2.72. The van der Waals surface area contributed by atoms with E-state index in [4.69, 9.17) is 15.2 Å². The summed E-state index contributed by atoms with van der Waals surface area (Å²) in [5, 5.41) is 0. The zero-order chi connectivity index (χ0) is 16.9. The Bertz CT molecular complexity index is 525. The molecule has 0 saturated carbocycles. The molecule has 1 aromatic carbocycles. The molecular formula is C18H28N2O3. The lowest BCUT2D eigenvalue weighted by Gasteiger charge is -2.28. The van der Waals surface area contributed by atoms with E-state index in [0.717, 1.165) is 31.6 Å². The van der Waals surface area contributed by atoms with E-state index in [1.807, 2.05) is 45.0 Å². The van der Waals surface area contributed by atoms with Gasteiger partial charge in [-0.1, -0.05) is 12.1 Å². The maximum Gasteiger partial charge on any atom is 0.410 e. The maximum absolute atomic E-state index is 12.3. The third-order valence-electron chi connectivity index (χ3n) is 3.78. The van der Waals surface area contributed by atoms with Gasteiger partial charge in [-0.2, -0.15) is 0 Å². The summed E-state index contributed by atoms with van der Waals surface area (Å²) in [5.41, 5.74) is 6.28. The van der Waals surface area contributed by atoms with Crippen molar-refractivity contribution < 1.29 is 14.3 Å². The number of nitrogens with zero attached hydrogens (tertiary/aromatic N) is 1. The Hall–Kier alpha value is -1.75. The molecule has 0 bridgehead atoms. The third kappa shape index (κ3) is 5.43. The van der Waals surface area contributed by atoms with Gasteiger partial charge in [0.2, 0.25) is 0 Å². The average molecular weight is 320 g/mol. The first-order valence-corrected chi connectivity index (χ1v) is 8.30. The number of rotatable bonds is 5. The number of ether oxygens (including phenoxy) is 2. The molecule has 0 radical (unpaired) electrons. The van der Waals surface area contributed by atoms with Crippen LogP contribution < -0.4 is 10.5 Å². The van der Waals surface area contributed by atoms with E-state index in [-0.39, 0.29) is 12.1 Å². The van der Waals surface area contributed by atoms with Crippen LogP contribution in [0, 0.1) is 0 Å². The molecule has 1 aliphatic rings. The molecule has 0 aromatic heterocycles. The first-order chi connectivity index (χ1) is 10.9. The van der Waals surface area contributed by atoms with E-state index in [0.29, 0.717) is 13.2 Å². The average Bonchev–Trinajstić information content (AvgIpc) is 2.93. The van der Waals surface area contributed by atoms with Crippen molar-refractivity contribution >= 4 is 6.09 Å². The summed E-state index contributed by atoms with van der Waals surface area (Å²) in [6, 6.07) is 8.04. The maximum atomic E-state index is 12.3. The number of likely N-dealkylation sites (tertiary alicyclic amines) is 1. The van der Waals surface area contributed by atoms with Crippen molar-refractivity contribution in [3.63, 3.8) is 0 Å². The normalized spacial score (nSPS) is 18.1. The van der Waals surface area contributed by atoms with Crippen molar-refractivity contribution in [1.82, 2.24) is 4.90 Å². The minimum absolute atomic E-state index is 0.0722. The van der Waals surface area contributed by atoms with Crippen LogP contribution in [0.4, 0.5) is 4.79 Å². The Morgan fingerprint density at radius 1 is 1.39 bits per heavy atom. The first kappa shape index (κ1) is 17.6. The van der Waals surface area contributed by atoms with E-state index in [2.05, 4.69) is 0 Å². The van der Waals surface area contributed by atoms with Crippen LogP contribution in [-0.2, 0) is 11.2 Å². The van der Waals surface area contributed by atoms with Crippen molar-refractivity contribution in [1.29, 1.82) is 0 Å². The van der Waals surface area contributed by atoms with Gasteiger partial charge in [0.1, 0.15) is 18.0 Å². The van der Waals surface area contributed by atoms with Gasteiger partial charge in [0, 0.05) is 6.54 Å². The summed E-state index contributed by atoms with van der Waals surface area (Å²) in [5.74, 6) is 0.826. The molecule has 1 saturated heterocycles. The van der Waals surface area contributed by atoms with Gasteiger partial charge in [0.15, 0.2) is 0 Å². The van der Waals surface area contributed by atoms with Crippen LogP contribution in [0.15, 0.2) is 24.3 Å². The van der Waals surface area contributed by atoms with Gasteiger partial charge >= 0.3 is 6.09 Å². The van der Waals surface area contributed by atoms with E-state index >= 15 is 0 Å². The number of hydrogen-bond donors (Lipinski definition) is 1. The second-order valence-electron chi connectivity index (χ2n) is 6.97. The van der Waals surface area contributed by atoms with Gasteiger partial charge < -0.3 is 20.1 Å². The summed E-state index contributed by atoms with van der Waals surface area (Å²) in [4.78, 5) is 14.0. The van der Waals surface area contributed by atoms with Crippen LogP contribution in [0.5, 0.6) is 5.75 Å². The molecule has 2 N–H and O–H groups in total. The lowest BCUT2D eigenvalue weighted by atomic mass is 10.1. The number of nitrogens with two attached hydrogens (primary N) is 1. The second kappa shape index (κ2) is 7.68. The van der Waals surface area contributed by atoms with Gasteiger partial charge in [-0.05, 0) is 64.3 Å². The molecule has 128 valence electrons. The zero-order valence-corrected chi connectivity index (χ0v) is 14.4. The molecule has 1 aromatic rings. The van der Waals surface area contributed by atoms with Crippen molar-refractivity contribution in [2.24, 2.45) is 5.73 Å². The van der Waals surface area contributed by atoms with Gasteiger partial charge in [0.25, 0.3) is 0 Å². The van der Waals surface area contributed by atoms with Gasteiger partial charge in [-0.25, -0.2) is 4.79 Å². The topological polar surface area (TPSA) is 64.8 Å². The molecule has 5 heteroatoms. The summed E-state index contributed by atoms with van der Waals surface area (Å²) in [6.45, 7) is 7.50. The molecule has 2 rings (SSSR count). The standard InChI is InChI=1S/C18H28N2O3/c1-18(2,3)23-17(21)20-11-5-7-15(20)13-22-16-8-4-6-14(12-16)9-10-19/h4,6,8,12,15H,5,7,9-11,13,19H2,1-3H3/t15-/m1/s1. The molecule has 0 aliphatic carbocycles. The van der Waals surface area contributed by atoms with Crippen molar-refractivity contribution in [2.45, 2.75) is 51.7 Å². The minimum atomic E-state index is -0.471. The molecule has 0 unspecified atom stereocenters. The van der Waals surface area contributed by atoms with Crippen molar-refractivity contribution in [3.05, 3.63) is 29.8 Å². The van der Waals surface area contributed by atoms with Crippen molar-refractivity contribution in [2.75, 3.05) is 19.7 Å². The summed E-state index contributed by atoms with van der Waals surface area (Å²) >= 11 is 0. The quantitative estimate of drug-likeness (QED) is 0.906. The molecule has 1 atom stereocenters. The number of hydrogen-bond acceptors (Lipinski definition) is 4. The number of carbonyl (C=O) groups excluding carboxylic acids is 1. The molecule has 5 nitrogen and oxygen atoms in total. The lowest BCUT2D eigenvalue weighted by molar-refractivity contribution is 0.0187. The molecule has 1 fully saturated rings. The summed E-state index contributed by atoms with van der Waals surface area (Å²) in [6.07, 6.45) is 2.52. The largest absolute Gasteiger partial charge is 0.491 e. The van der Waals surface area contributed by atoms with Gasteiger partial charge in [-0.15, -0.1) is 0 Å². The summed E-state index contributed by atoms with van der Waals surface area (Å²) in [7, 11) is 0. The van der Waals surface area contributed by atoms with Crippen LogP contribution in [0.25, 0.3) is 0 Å². The van der Waals surface area contributed by atoms with Crippen molar-refractivity contribution in [3.8, 4) is 5.75 Å². The van der Waals surface area contributed by atoms with E-state index in [1.165, 1.54) is 5.56 Å². The molecular weight excluding hydrogens is 292 g/mol. The Morgan fingerprint density at radius 3 is 2.87 bits per heavy atom. The number of benzene rings is 1. The van der Waals surface area contributed by atoms with E-state index in [1.54, 1.807) is 4.90 Å². The van der Waals surface area contributed by atoms with Crippen LogP contribution >= 0.6 is 0 Å². The predicted octanol–water partition coefficient (Wildman–Crippen LogP) is 2.97. The molecule has 0 spiro atoms. The third-order valence-corrected chi connectivity index (χ3v) is 3.78. The van der Waals surface area contributed by atoms with Crippen LogP contribution in [0.2, 0.25) is 0 Å². The van der Waals surface area contributed by atoms with Crippen LogP contribution in [-0.4, -0.2) is 42.3 Å². The summed E-state index contributed by atoms with van der Waals surface area (Å²) < 4.78 is 11.4. The molecule has 23 heavy (non-hydrogen) atoms. The highest BCUT2D eigenvalue weighted by Crippen LogP contribution is 2.22. The highest BCUT2D eigenvalue weighted by Gasteiger charge is 2.32. The van der Waals surface area contributed by atoms with Gasteiger partial charge in [-0.3, -0.25) is 0 Å². The predicted molar refractivity (Wildman–Crippen MR) is 90.7 cm³/mol. The van der Waals surface area contributed by atoms with E-state index < -0.39 is 5.60 Å². The Morgan fingerprint density at radius 2 is 2.17 bits per heavy atom.